The number of anilines is 3. The van der Waals surface area contributed by atoms with E-state index in [0.29, 0.717) is 0 Å². The highest BCUT2D eigenvalue weighted by atomic mass is 15.1. The molecule has 0 fully saturated rings. The van der Waals surface area contributed by atoms with E-state index < -0.39 is 0 Å². The highest BCUT2D eigenvalue weighted by Crippen LogP contribution is 2.39. The lowest BCUT2D eigenvalue weighted by atomic mass is 9.97. The van der Waals surface area contributed by atoms with Crippen LogP contribution in [0.2, 0.25) is 0 Å². The fraction of sp³-hybridized carbons (Fsp3) is 0. The number of hydrogen-bond donors (Lipinski definition) is 0. The molecule has 0 spiro atoms. The van der Waals surface area contributed by atoms with Gasteiger partial charge in [0.15, 0.2) is 0 Å². The van der Waals surface area contributed by atoms with E-state index >= 15 is 0 Å². The van der Waals surface area contributed by atoms with Crippen LogP contribution < -0.4 is 4.90 Å². The standard InChI is InChI=1S/C48H34N2/c1-3-15-35(16-4-1)38-18-14-22-42(34-38)49(40-20-5-2-6-21-40)41-31-29-36(30-32-41)37-17-13-19-39(33-37)43-23-7-10-26-46(43)50-47-27-11-8-24-44(47)45-25-9-12-28-48(45)50/h1-34H. The Morgan fingerprint density at radius 3 is 1.50 bits per heavy atom. The van der Waals surface area contributed by atoms with Crippen LogP contribution >= 0.6 is 0 Å². The summed E-state index contributed by atoms with van der Waals surface area (Å²) >= 11 is 0. The lowest BCUT2D eigenvalue weighted by molar-refractivity contribution is 1.18. The smallest absolute Gasteiger partial charge is 0.0541 e. The molecule has 50 heavy (non-hydrogen) atoms. The van der Waals surface area contributed by atoms with Crippen LogP contribution in [0.25, 0.3) is 60.9 Å². The van der Waals surface area contributed by atoms with E-state index in [1.807, 2.05) is 0 Å². The number of hydrogen-bond acceptors (Lipinski definition) is 1. The third-order valence-corrected chi connectivity index (χ3v) is 9.58. The van der Waals surface area contributed by atoms with Crippen LogP contribution in [0, 0.1) is 0 Å². The van der Waals surface area contributed by atoms with Gasteiger partial charge in [-0.1, -0.05) is 146 Å². The molecule has 2 heteroatoms. The first-order valence-electron chi connectivity index (χ1n) is 17.1. The van der Waals surface area contributed by atoms with E-state index in [-0.39, 0.29) is 0 Å². The highest BCUT2D eigenvalue weighted by Gasteiger charge is 2.16. The Morgan fingerprint density at radius 2 is 0.780 bits per heavy atom. The molecule has 9 aromatic rings. The largest absolute Gasteiger partial charge is 0.310 e. The molecule has 0 aliphatic rings. The molecule has 1 aromatic heterocycles. The molecule has 0 bridgehead atoms. The van der Waals surface area contributed by atoms with Crippen LogP contribution in [0.5, 0.6) is 0 Å². The van der Waals surface area contributed by atoms with Gasteiger partial charge in [0.1, 0.15) is 0 Å². The third kappa shape index (κ3) is 5.34. The molecule has 0 saturated carbocycles. The maximum Gasteiger partial charge on any atom is 0.0541 e. The predicted octanol–water partition coefficient (Wildman–Crippen LogP) is 13.3. The molecule has 0 amide bonds. The molecule has 0 radical (unpaired) electrons. The van der Waals surface area contributed by atoms with E-state index in [1.165, 1.54) is 60.9 Å². The molecule has 236 valence electrons. The quantitative estimate of drug-likeness (QED) is 0.169. The summed E-state index contributed by atoms with van der Waals surface area (Å²) in [6.45, 7) is 0. The molecular formula is C48H34N2. The second kappa shape index (κ2) is 12.8. The van der Waals surface area contributed by atoms with Crippen LogP contribution in [0.3, 0.4) is 0 Å². The van der Waals surface area contributed by atoms with Crippen molar-refractivity contribution in [1.29, 1.82) is 0 Å². The first-order valence-corrected chi connectivity index (χ1v) is 17.1. The third-order valence-electron chi connectivity index (χ3n) is 9.58. The Labute approximate surface area is 292 Å². The molecule has 8 aromatic carbocycles. The average Bonchev–Trinajstić information content (AvgIpc) is 3.53. The summed E-state index contributed by atoms with van der Waals surface area (Å²) in [4.78, 5) is 2.33. The molecule has 0 atom stereocenters. The van der Waals surface area contributed by atoms with Crippen molar-refractivity contribution in [2.45, 2.75) is 0 Å². The lowest BCUT2D eigenvalue weighted by Crippen LogP contribution is -2.09. The fourth-order valence-electron chi connectivity index (χ4n) is 7.24. The monoisotopic (exact) mass is 638 g/mol. The van der Waals surface area contributed by atoms with Crippen molar-refractivity contribution in [2.24, 2.45) is 0 Å². The molecule has 1 heterocycles. The summed E-state index contributed by atoms with van der Waals surface area (Å²) in [5, 5.41) is 2.53. The summed E-state index contributed by atoms with van der Waals surface area (Å²) in [6, 6.07) is 74.0. The molecule has 0 aliphatic heterocycles. The zero-order valence-corrected chi connectivity index (χ0v) is 27.5. The number of para-hydroxylation sites is 4. The van der Waals surface area contributed by atoms with Crippen molar-refractivity contribution in [3.8, 4) is 39.1 Å². The molecule has 0 aliphatic carbocycles. The molecular weight excluding hydrogens is 605 g/mol. The Balaban J connectivity index is 1.10. The molecule has 0 saturated heterocycles. The topological polar surface area (TPSA) is 8.17 Å². The number of benzene rings is 8. The van der Waals surface area contributed by atoms with Crippen molar-refractivity contribution >= 4 is 38.9 Å². The number of fused-ring (bicyclic) bond motifs is 3. The van der Waals surface area contributed by atoms with Crippen LogP contribution in [-0.4, -0.2) is 4.57 Å². The second-order valence-electron chi connectivity index (χ2n) is 12.6. The fourth-order valence-corrected chi connectivity index (χ4v) is 7.24. The van der Waals surface area contributed by atoms with Gasteiger partial charge in [0, 0.05) is 33.4 Å². The summed E-state index contributed by atoms with van der Waals surface area (Å²) in [5.41, 5.74) is 14.1. The minimum Gasteiger partial charge on any atom is -0.310 e. The predicted molar refractivity (Wildman–Crippen MR) is 212 cm³/mol. The average molecular weight is 639 g/mol. The van der Waals surface area contributed by atoms with Crippen LogP contribution in [0.15, 0.2) is 206 Å². The van der Waals surface area contributed by atoms with Crippen LogP contribution in [0.1, 0.15) is 0 Å². The van der Waals surface area contributed by atoms with Crippen molar-refractivity contribution in [2.75, 3.05) is 4.90 Å². The molecule has 9 rings (SSSR count). The van der Waals surface area contributed by atoms with Gasteiger partial charge in [0.05, 0.1) is 16.7 Å². The second-order valence-corrected chi connectivity index (χ2v) is 12.6. The first kappa shape index (κ1) is 29.5. The van der Waals surface area contributed by atoms with Crippen molar-refractivity contribution in [1.82, 2.24) is 4.57 Å². The minimum absolute atomic E-state index is 1.11. The summed E-state index contributed by atoms with van der Waals surface area (Å²) in [5.74, 6) is 0. The van der Waals surface area contributed by atoms with Gasteiger partial charge in [0.2, 0.25) is 0 Å². The van der Waals surface area contributed by atoms with Gasteiger partial charge in [-0.25, -0.2) is 0 Å². The van der Waals surface area contributed by atoms with Gasteiger partial charge < -0.3 is 9.47 Å². The van der Waals surface area contributed by atoms with Crippen LogP contribution in [-0.2, 0) is 0 Å². The van der Waals surface area contributed by atoms with Gasteiger partial charge in [-0.3, -0.25) is 0 Å². The lowest BCUT2D eigenvalue weighted by Gasteiger charge is -2.26. The molecule has 0 N–H and O–H groups in total. The van der Waals surface area contributed by atoms with Gasteiger partial charge in [-0.2, -0.15) is 0 Å². The van der Waals surface area contributed by atoms with Gasteiger partial charge in [-0.15, -0.1) is 0 Å². The highest BCUT2D eigenvalue weighted by molar-refractivity contribution is 6.09. The number of aromatic nitrogens is 1. The number of nitrogens with zero attached hydrogens (tertiary/aromatic N) is 2. The maximum atomic E-state index is 2.41. The Bertz CT molecular complexity index is 2530. The van der Waals surface area contributed by atoms with E-state index in [0.717, 1.165) is 17.1 Å². The van der Waals surface area contributed by atoms with Gasteiger partial charge >= 0.3 is 0 Å². The van der Waals surface area contributed by atoms with E-state index in [9.17, 15) is 0 Å². The normalized spacial score (nSPS) is 11.2. The summed E-state index contributed by atoms with van der Waals surface area (Å²) in [7, 11) is 0. The zero-order chi connectivity index (χ0) is 33.3. The van der Waals surface area contributed by atoms with Crippen LogP contribution in [0.4, 0.5) is 17.1 Å². The summed E-state index contributed by atoms with van der Waals surface area (Å²) < 4.78 is 2.41. The van der Waals surface area contributed by atoms with Crippen molar-refractivity contribution in [3.05, 3.63) is 206 Å². The summed E-state index contributed by atoms with van der Waals surface area (Å²) in [6.07, 6.45) is 0. The molecule has 2 nitrogen and oxygen atoms in total. The zero-order valence-electron chi connectivity index (χ0n) is 27.5. The Kier molecular flexibility index (Phi) is 7.53. The maximum absolute atomic E-state index is 2.41. The Hall–Kier alpha value is -6.64. The minimum atomic E-state index is 1.11. The van der Waals surface area contributed by atoms with Crippen molar-refractivity contribution in [3.63, 3.8) is 0 Å². The first-order chi connectivity index (χ1) is 24.8. The Morgan fingerprint density at radius 1 is 0.300 bits per heavy atom. The van der Waals surface area contributed by atoms with Gasteiger partial charge in [-0.05, 0) is 88.5 Å². The van der Waals surface area contributed by atoms with E-state index in [4.69, 9.17) is 0 Å². The molecule has 0 unspecified atom stereocenters. The van der Waals surface area contributed by atoms with E-state index in [2.05, 4.69) is 216 Å². The van der Waals surface area contributed by atoms with Crippen molar-refractivity contribution < 1.29 is 0 Å². The number of rotatable bonds is 7. The van der Waals surface area contributed by atoms with Gasteiger partial charge in [0.25, 0.3) is 0 Å². The SMILES string of the molecule is c1ccc(-c2cccc(N(c3ccccc3)c3ccc(-c4cccc(-c5ccccc5-n5c6ccccc6c6ccccc65)c4)cc3)c2)cc1. The van der Waals surface area contributed by atoms with E-state index in [1.54, 1.807) is 0 Å².